The topological polar surface area (TPSA) is 66.5 Å². The zero-order chi connectivity index (χ0) is 17.5. The Kier molecular flexibility index (Phi) is 4.87. The lowest BCUT2D eigenvalue weighted by Crippen LogP contribution is -2.59. The number of hydrogen-bond acceptors (Lipinski definition) is 3. The lowest BCUT2D eigenvalue weighted by atomic mass is 10.0. The van der Waals surface area contributed by atoms with Gasteiger partial charge in [0.1, 0.15) is 6.04 Å². The van der Waals surface area contributed by atoms with Crippen LogP contribution in [0.15, 0.2) is 11.0 Å². The molecular formula is C17H26N2O3S. The number of benzene rings is 1. The SMILES string of the molecule is Cc1cc(C)c(C)c(S(=O)(=O)N2CCNC(=O)C2C(C)C)c1C. The Morgan fingerprint density at radius 1 is 1.13 bits per heavy atom. The molecule has 0 spiro atoms. The molecule has 1 aliphatic heterocycles. The van der Waals surface area contributed by atoms with Crippen molar-refractivity contribution in [2.45, 2.75) is 52.5 Å². The molecule has 23 heavy (non-hydrogen) atoms. The number of carbonyl (C=O) groups is 1. The van der Waals surface area contributed by atoms with Crippen molar-refractivity contribution in [2.24, 2.45) is 5.92 Å². The maximum Gasteiger partial charge on any atom is 0.244 e. The summed E-state index contributed by atoms with van der Waals surface area (Å²) < 4.78 is 28.1. The van der Waals surface area contributed by atoms with Crippen molar-refractivity contribution in [1.82, 2.24) is 9.62 Å². The molecule has 128 valence electrons. The Bertz CT molecular complexity index is 712. The van der Waals surface area contributed by atoms with E-state index in [0.29, 0.717) is 18.0 Å². The van der Waals surface area contributed by atoms with Crippen molar-refractivity contribution in [2.75, 3.05) is 13.1 Å². The number of hydrogen-bond donors (Lipinski definition) is 1. The van der Waals surface area contributed by atoms with Gasteiger partial charge in [0, 0.05) is 13.1 Å². The predicted molar refractivity (Wildman–Crippen MR) is 90.9 cm³/mol. The molecule has 1 aromatic carbocycles. The average molecular weight is 338 g/mol. The lowest BCUT2D eigenvalue weighted by molar-refractivity contribution is -0.128. The van der Waals surface area contributed by atoms with Crippen LogP contribution in [0.25, 0.3) is 0 Å². The van der Waals surface area contributed by atoms with E-state index in [1.807, 2.05) is 47.6 Å². The molecule has 1 atom stereocenters. The number of nitrogens with one attached hydrogen (secondary N) is 1. The fourth-order valence-corrected chi connectivity index (χ4v) is 5.55. The highest BCUT2D eigenvalue weighted by molar-refractivity contribution is 7.89. The van der Waals surface area contributed by atoms with Crippen LogP contribution in [0, 0.1) is 33.6 Å². The van der Waals surface area contributed by atoms with Crippen LogP contribution in [-0.4, -0.2) is 37.8 Å². The summed E-state index contributed by atoms with van der Waals surface area (Å²) in [6.07, 6.45) is 0. The van der Waals surface area contributed by atoms with Gasteiger partial charge in [-0.15, -0.1) is 0 Å². The van der Waals surface area contributed by atoms with Gasteiger partial charge in [-0.25, -0.2) is 8.42 Å². The van der Waals surface area contributed by atoms with E-state index in [0.717, 1.165) is 22.3 Å². The van der Waals surface area contributed by atoms with Crippen molar-refractivity contribution in [3.8, 4) is 0 Å². The van der Waals surface area contributed by atoms with Gasteiger partial charge in [-0.3, -0.25) is 4.79 Å². The molecule has 0 aliphatic carbocycles. The molecule has 1 fully saturated rings. The molecular weight excluding hydrogens is 312 g/mol. The van der Waals surface area contributed by atoms with Crippen LogP contribution < -0.4 is 5.32 Å². The fraction of sp³-hybridized carbons (Fsp3) is 0.588. The van der Waals surface area contributed by atoms with Crippen molar-refractivity contribution >= 4 is 15.9 Å². The summed E-state index contributed by atoms with van der Waals surface area (Å²) in [6.45, 7) is 11.9. The molecule has 0 radical (unpaired) electrons. The van der Waals surface area contributed by atoms with Gasteiger partial charge in [-0.05, 0) is 55.9 Å². The number of carbonyl (C=O) groups excluding carboxylic acids is 1. The van der Waals surface area contributed by atoms with Crippen molar-refractivity contribution in [1.29, 1.82) is 0 Å². The van der Waals surface area contributed by atoms with Crippen LogP contribution in [0.5, 0.6) is 0 Å². The van der Waals surface area contributed by atoms with Gasteiger partial charge in [0.15, 0.2) is 0 Å². The maximum absolute atomic E-state index is 13.3. The lowest BCUT2D eigenvalue weighted by Gasteiger charge is -2.37. The third kappa shape index (κ3) is 3.02. The predicted octanol–water partition coefficient (Wildman–Crippen LogP) is 2.07. The first-order chi connectivity index (χ1) is 10.6. The molecule has 5 nitrogen and oxygen atoms in total. The number of sulfonamides is 1. The summed E-state index contributed by atoms with van der Waals surface area (Å²) >= 11 is 0. The van der Waals surface area contributed by atoms with E-state index in [1.54, 1.807) is 0 Å². The van der Waals surface area contributed by atoms with Crippen LogP contribution in [0.1, 0.15) is 36.1 Å². The zero-order valence-electron chi connectivity index (χ0n) is 14.7. The molecule has 1 unspecified atom stereocenters. The Labute approximate surface area is 139 Å². The molecule has 6 heteroatoms. The normalized spacial score (nSPS) is 20.0. The first-order valence-electron chi connectivity index (χ1n) is 7.96. The molecule has 1 aliphatic rings. The highest BCUT2D eigenvalue weighted by Crippen LogP contribution is 2.31. The van der Waals surface area contributed by atoms with E-state index < -0.39 is 16.1 Å². The van der Waals surface area contributed by atoms with E-state index in [2.05, 4.69) is 5.32 Å². The van der Waals surface area contributed by atoms with E-state index in [1.165, 1.54) is 4.31 Å². The van der Waals surface area contributed by atoms with Crippen molar-refractivity contribution < 1.29 is 13.2 Å². The molecule has 0 bridgehead atoms. The largest absolute Gasteiger partial charge is 0.353 e. The summed E-state index contributed by atoms with van der Waals surface area (Å²) in [5.41, 5.74) is 3.44. The highest BCUT2D eigenvalue weighted by atomic mass is 32.2. The molecule has 2 rings (SSSR count). The smallest absolute Gasteiger partial charge is 0.244 e. The van der Waals surface area contributed by atoms with Crippen LogP contribution in [0.3, 0.4) is 0 Å². The first kappa shape index (κ1) is 17.9. The minimum Gasteiger partial charge on any atom is -0.353 e. The quantitative estimate of drug-likeness (QED) is 0.917. The molecule has 1 heterocycles. The van der Waals surface area contributed by atoms with Gasteiger partial charge in [-0.1, -0.05) is 19.9 Å². The Morgan fingerprint density at radius 3 is 2.13 bits per heavy atom. The number of amides is 1. The second kappa shape index (κ2) is 6.24. The second-order valence-corrected chi connectivity index (χ2v) is 8.51. The zero-order valence-corrected chi connectivity index (χ0v) is 15.5. The van der Waals surface area contributed by atoms with E-state index in [-0.39, 0.29) is 11.8 Å². The molecule has 0 aromatic heterocycles. The van der Waals surface area contributed by atoms with Gasteiger partial charge < -0.3 is 5.32 Å². The Balaban J connectivity index is 2.65. The summed E-state index contributed by atoms with van der Waals surface area (Å²) in [5.74, 6) is -0.300. The fourth-order valence-electron chi connectivity index (χ4n) is 3.25. The summed E-state index contributed by atoms with van der Waals surface area (Å²) in [6, 6.07) is 1.35. The van der Waals surface area contributed by atoms with E-state index >= 15 is 0 Å². The van der Waals surface area contributed by atoms with Crippen LogP contribution >= 0.6 is 0 Å². The molecule has 1 aromatic rings. The standard InChI is InChI=1S/C17H26N2O3S/c1-10(2)15-17(20)18-7-8-19(15)23(21,22)16-13(5)11(3)9-12(4)14(16)6/h9-10,15H,7-8H2,1-6H3,(H,18,20). The van der Waals surface area contributed by atoms with Gasteiger partial charge in [-0.2, -0.15) is 4.31 Å². The van der Waals surface area contributed by atoms with Gasteiger partial charge in [0.25, 0.3) is 0 Å². The van der Waals surface area contributed by atoms with Crippen molar-refractivity contribution in [3.63, 3.8) is 0 Å². The first-order valence-corrected chi connectivity index (χ1v) is 9.40. The summed E-state index contributed by atoms with van der Waals surface area (Å²) in [7, 11) is -3.72. The summed E-state index contributed by atoms with van der Waals surface area (Å²) in [5, 5.41) is 2.77. The van der Waals surface area contributed by atoms with Crippen LogP contribution in [0.2, 0.25) is 0 Å². The van der Waals surface area contributed by atoms with Crippen molar-refractivity contribution in [3.05, 3.63) is 28.3 Å². The maximum atomic E-state index is 13.3. The minimum atomic E-state index is -3.72. The average Bonchev–Trinajstić information content (AvgIpc) is 2.44. The molecule has 1 amide bonds. The Morgan fingerprint density at radius 2 is 1.65 bits per heavy atom. The third-order valence-corrected chi connectivity index (χ3v) is 6.86. The van der Waals surface area contributed by atoms with E-state index in [4.69, 9.17) is 0 Å². The van der Waals surface area contributed by atoms with E-state index in [9.17, 15) is 13.2 Å². The Hall–Kier alpha value is -1.40. The third-order valence-electron chi connectivity index (χ3n) is 4.71. The highest BCUT2D eigenvalue weighted by Gasteiger charge is 2.41. The number of rotatable bonds is 3. The molecule has 0 saturated carbocycles. The van der Waals surface area contributed by atoms with Gasteiger partial charge in [0.05, 0.1) is 4.90 Å². The van der Waals surface area contributed by atoms with Gasteiger partial charge >= 0.3 is 0 Å². The summed E-state index contributed by atoms with van der Waals surface area (Å²) in [4.78, 5) is 12.6. The van der Waals surface area contributed by atoms with Crippen LogP contribution in [-0.2, 0) is 14.8 Å². The number of aryl methyl sites for hydroxylation is 2. The van der Waals surface area contributed by atoms with Gasteiger partial charge in [0.2, 0.25) is 15.9 Å². The monoisotopic (exact) mass is 338 g/mol. The molecule has 1 N–H and O–H groups in total. The number of nitrogens with zero attached hydrogens (tertiary/aromatic N) is 1. The molecule has 1 saturated heterocycles. The minimum absolute atomic E-state index is 0.0865. The number of piperazine rings is 1. The van der Waals surface area contributed by atoms with Crippen LogP contribution in [0.4, 0.5) is 0 Å². The second-order valence-electron chi connectivity index (χ2n) is 6.69.